The summed E-state index contributed by atoms with van der Waals surface area (Å²) in [5, 5.41) is 10.1. The van der Waals surface area contributed by atoms with Gasteiger partial charge in [-0.3, -0.25) is 9.48 Å². The third-order valence-electron chi connectivity index (χ3n) is 3.32. The van der Waals surface area contributed by atoms with Crippen molar-refractivity contribution in [2.45, 2.75) is 12.5 Å². The predicted octanol–water partition coefficient (Wildman–Crippen LogP) is 1.25. The molecule has 0 unspecified atom stereocenters. The number of hydrogen-bond acceptors (Lipinski definition) is 4. The van der Waals surface area contributed by atoms with E-state index in [0.717, 1.165) is 0 Å². The number of rotatable bonds is 5. The normalized spacial score (nSPS) is 13.7. The van der Waals surface area contributed by atoms with Crippen LogP contribution in [-0.2, 0) is 17.4 Å². The molecule has 0 bridgehead atoms. The van der Waals surface area contributed by atoms with E-state index in [-0.39, 0.29) is 24.0 Å². The van der Waals surface area contributed by atoms with Gasteiger partial charge in [0, 0.05) is 19.7 Å². The van der Waals surface area contributed by atoms with E-state index in [0.29, 0.717) is 5.56 Å². The van der Waals surface area contributed by atoms with Crippen molar-refractivity contribution in [1.82, 2.24) is 20.3 Å². The van der Waals surface area contributed by atoms with Crippen molar-refractivity contribution in [3.8, 4) is 0 Å². The highest BCUT2D eigenvalue weighted by Gasteiger charge is 2.30. The molecule has 1 amide bonds. The molecule has 112 valence electrons. The molecule has 0 saturated heterocycles. The second-order valence-electron chi connectivity index (χ2n) is 4.87. The fourth-order valence-corrected chi connectivity index (χ4v) is 1.96. The summed E-state index contributed by atoms with van der Waals surface area (Å²) < 4.78 is 20.7. The summed E-state index contributed by atoms with van der Waals surface area (Å²) in [6, 6.07) is 6.32. The van der Waals surface area contributed by atoms with E-state index >= 15 is 0 Å². The maximum Gasteiger partial charge on any atom is 0.273 e. The number of carbonyl (C=O) groups is 1. The summed E-state index contributed by atoms with van der Waals surface area (Å²) in [7, 11) is 3.14. The van der Waals surface area contributed by atoms with Crippen molar-refractivity contribution in [3.05, 3.63) is 47.5 Å². The number of hydrogen-bond donors (Lipinski definition) is 1. The number of benzene rings is 1. The van der Waals surface area contributed by atoms with E-state index in [1.54, 1.807) is 32.2 Å². The Morgan fingerprint density at radius 1 is 1.48 bits per heavy atom. The predicted molar refractivity (Wildman–Crippen MR) is 74.1 cm³/mol. The van der Waals surface area contributed by atoms with Crippen LogP contribution in [0.3, 0.4) is 0 Å². The maximum absolute atomic E-state index is 13.9. The zero-order chi connectivity index (χ0) is 15.5. The molecule has 2 rings (SSSR count). The molecule has 0 saturated carbocycles. The lowest BCUT2D eigenvalue weighted by molar-refractivity contribution is 0.000348. The lowest BCUT2D eigenvalue weighted by Crippen LogP contribution is -2.40. The first kappa shape index (κ1) is 15.1. The van der Waals surface area contributed by atoms with Crippen molar-refractivity contribution in [2.24, 2.45) is 7.05 Å². The van der Waals surface area contributed by atoms with Crippen molar-refractivity contribution in [3.63, 3.8) is 0 Å². The standard InChI is InChI=1S/C14H17FN4O2/c1-14(21-3,10-6-4-5-7-11(10)15)9-16-13(20)12-8-19(2)18-17-12/h4-8H,9H2,1-3H3,(H,16,20)/t14-/m1/s1. The number of nitrogens with zero attached hydrogens (tertiary/aromatic N) is 3. The average molecular weight is 292 g/mol. The van der Waals surface area contributed by atoms with Gasteiger partial charge in [0.05, 0.1) is 12.7 Å². The van der Waals surface area contributed by atoms with Gasteiger partial charge in [-0.25, -0.2) is 4.39 Å². The van der Waals surface area contributed by atoms with Gasteiger partial charge in [0.2, 0.25) is 0 Å². The van der Waals surface area contributed by atoms with Gasteiger partial charge < -0.3 is 10.1 Å². The van der Waals surface area contributed by atoms with Gasteiger partial charge in [0.15, 0.2) is 5.69 Å². The molecule has 7 heteroatoms. The first-order chi connectivity index (χ1) is 9.96. The average Bonchev–Trinajstić information content (AvgIpc) is 2.91. The number of ether oxygens (including phenoxy) is 1. The molecule has 1 heterocycles. The molecule has 1 N–H and O–H groups in total. The van der Waals surface area contributed by atoms with Crippen LogP contribution < -0.4 is 5.32 Å². The van der Waals surface area contributed by atoms with E-state index in [1.165, 1.54) is 24.1 Å². The van der Waals surface area contributed by atoms with Crippen LogP contribution in [0.25, 0.3) is 0 Å². The molecule has 1 aromatic heterocycles. The van der Waals surface area contributed by atoms with Crippen LogP contribution in [0.4, 0.5) is 4.39 Å². The molecule has 21 heavy (non-hydrogen) atoms. The Kier molecular flexibility index (Phi) is 4.32. The zero-order valence-corrected chi connectivity index (χ0v) is 12.1. The first-order valence-electron chi connectivity index (χ1n) is 6.41. The minimum Gasteiger partial charge on any atom is -0.372 e. The van der Waals surface area contributed by atoms with E-state index in [2.05, 4.69) is 15.6 Å². The number of aryl methyl sites for hydroxylation is 1. The third-order valence-corrected chi connectivity index (χ3v) is 3.32. The molecule has 0 radical (unpaired) electrons. The molecule has 1 aromatic carbocycles. The molecule has 0 aliphatic carbocycles. The molecule has 0 spiro atoms. The van der Waals surface area contributed by atoms with Gasteiger partial charge in [-0.05, 0) is 13.0 Å². The minimum absolute atomic E-state index is 0.111. The van der Waals surface area contributed by atoms with Gasteiger partial charge in [0.1, 0.15) is 11.4 Å². The van der Waals surface area contributed by atoms with Gasteiger partial charge in [-0.2, -0.15) is 0 Å². The molecular formula is C14H17FN4O2. The van der Waals surface area contributed by atoms with E-state index in [9.17, 15) is 9.18 Å². The third kappa shape index (κ3) is 3.25. The van der Waals surface area contributed by atoms with Gasteiger partial charge >= 0.3 is 0 Å². The van der Waals surface area contributed by atoms with Crippen LogP contribution >= 0.6 is 0 Å². The van der Waals surface area contributed by atoms with Gasteiger partial charge in [-0.15, -0.1) is 5.10 Å². The van der Waals surface area contributed by atoms with Gasteiger partial charge in [0.25, 0.3) is 5.91 Å². The number of carbonyl (C=O) groups excluding carboxylic acids is 1. The number of halogens is 1. The Hall–Kier alpha value is -2.28. The van der Waals surface area contributed by atoms with E-state index in [4.69, 9.17) is 4.74 Å². The number of aromatic nitrogens is 3. The quantitative estimate of drug-likeness (QED) is 0.900. The molecule has 1 atom stereocenters. The summed E-state index contributed by atoms with van der Waals surface area (Å²) in [6.45, 7) is 1.82. The highest BCUT2D eigenvalue weighted by atomic mass is 19.1. The molecule has 2 aromatic rings. The lowest BCUT2D eigenvalue weighted by Gasteiger charge is -2.29. The fourth-order valence-electron chi connectivity index (χ4n) is 1.96. The van der Waals surface area contributed by atoms with Gasteiger partial charge in [-0.1, -0.05) is 23.4 Å². The largest absolute Gasteiger partial charge is 0.372 e. The summed E-state index contributed by atoms with van der Waals surface area (Å²) in [5.41, 5.74) is -0.389. The second kappa shape index (κ2) is 6.01. The highest BCUT2D eigenvalue weighted by molar-refractivity contribution is 5.91. The highest BCUT2D eigenvalue weighted by Crippen LogP contribution is 2.26. The maximum atomic E-state index is 13.9. The van der Waals surface area contributed by atoms with E-state index < -0.39 is 5.60 Å². The molecule has 6 nitrogen and oxygen atoms in total. The summed E-state index contributed by atoms with van der Waals surface area (Å²) in [4.78, 5) is 12.0. The number of methoxy groups -OCH3 is 1. The number of amides is 1. The van der Waals surface area contributed by atoms with Crippen molar-refractivity contribution in [1.29, 1.82) is 0 Å². The summed E-state index contributed by atoms with van der Waals surface area (Å²) in [6.07, 6.45) is 1.50. The summed E-state index contributed by atoms with van der Waals surface area (Å²) >= 11 is 0. The summed E-state index contributed by atoms with van der Waals surface area (Å²) in [5.74, 6) is -0.765. The Labute approximate surface area is 121 Å². The first-order valence-corrected chi connectivity index (χ1v) is 6.41. The fraction of sp³-hybridized carbons (Fsp3) is 0.357. The van der Waals surface area contributed by atoms with Crippen LogP contribution in [0.15, 0.2) is 30.5 Å². The minimum atomic E-state index is -0.969. The van der Waals surface area contributed by atoms with Crippen LogP contribution in [-0.4, -0.2) is 34.6 Å². The molecule has 0 fully saturated rings. The van der Waals surface area contributed by atoms with Crippen molar-refractivity contribution < 1.29 is 13.9 Å². The molecular weight excluding hydrogens is 275 g/mol. The smallest absolute Gasteiger partial charge is 0.273 e. The van der Waals surface area contributed by atoms with Crippen LogP contribution in [0.5, 0.6) is 0 Å². The second-order valence-corrected chi connectivity index (χ2v) is 4.87. The molecule has 0 aliphatic heterocycles. The van der Waals surface area contributed by atoms with Crippen LogP contribution in [0.1, 0.15) is 23.0 Å². The number of nitrogens with one attached hydrogen (secondary N) is 1. The molecule has 0 aliphatic rings. The van der Waals surface area contributed by atoms with Crippen LogP contribution in [0, 0.1) is 5.82 Å². The lowest BCUT2D eigenvalue weighted by atomic mass is 9.95. The zero-order valence-electron chi connectivity index (χ0n) is 12.1. The van der Waals surface area contributed by atoms with E-state index in [1.807, 2.05) is 0 Å². The Morgan fingerprint density at radius 2 is 2.19 bits per heavy atom. The topological polar surface area (TPSA) is 69.0 Å². The van der Waals surface area contributed by atoms with Crippen LogP contribution in [0.2, 0.25) is 0 Å². The Bertz CT molecular complexity index is 643. The van der Waals surface area contributed by atoms with Crippen molar-refractivity contribution >= 4 is 5.91 Å². The Morgan fingerprint density at radius 3 is 2.76 bits per heavy atom. The Balaban J connectivity index is 2.12. The van der Waals surface area contributed by atoms with Crippen molar-refractivity contribution in [2.75, 3.05) is 13.7 Å². The monoisotopic (exact) mass is 292 g/mol. The SMILES string of the molecule is CO[C@](C)(CNC(=O)c1cn(C)nn1)c1ccccc1F.